The minimum atomic E-state index is 0.335. The Morgan fingerprint density at radius 1 is 1.25 bits per heavy atom. The van der Waals surface area contributed by atoms with Crippen molar-refractivity contribution in [3.05, 3.63) is 34.9 Å². The predicted molar refractivity (Wildman–Crippen MR) is 90.1 cm³/mol. The summed E-state index contributed by atoms with van der Waals surface area (Å²) in [6.07, 6.45) is 2.03. The van der Waals surface area contributed by atoms with Crippen molar-refractivity contribution in [2.24, 2.45) is 0 Å². The minimum absolute atomic E-state index is 0.335. The summed E-state index contributed by atoms with van der Waals surface area (Å²) in [5.41, 5.74) is 4.00. The third-order valence-corrected chi connectivity index (χ3v) is 6.22. The van der Waals surface area contributed by atoms with Gasteiger partial charge in [0.05, 0.1) is 0 Å². The van der Waals surface area contributed by atoms with E-state index in [4.69, 9.17) is 0 Å². The molecule has 0 saturated heterocycles. The molecule has 0 aliphatic heterocycles. The molecule has 0 aliphatic rings. The molecule has 0 aliphatic carbocycles. The molecule has 1 heterocycles. The molecule has 108 valence electrons. The number of nitrogens with one attached hydrogen (secondary N) is 1. The van der Waals surface area contributed by atoms with Crippen LogP contribution in [0.2, 0.25) is 0 Å². The van der Waals surface area contributed by atoms with Crippen LogP contribution >= 0.6 is 34.9 Å². The molecule has 20 heavy (non-hydrogen) atoms. The van der Waals surface area contributed by atoms with E-state index in [-0.39, 0.29) is 0 Å². The molecular weight excluding hydrogens is 306 g/mol. The number of hydrogen-bond acceptors (Lipinski definition) is 6. The SMILES string of the molecule is CNC(CSc1nnc(SC)s1)c1cc(C)ccc1C. The van der Waals surface area contributed by atoms with E-state index in [1.807, 2.05) is 13.3 Å². The quantitative estimate of drug-likeness (QED) is 0.815. The smallest absolute Gasteiger partial charge is 0.175 e. The van der Waals surface area contributed by atoms with Crippen LogP contribution in [0.4, 0.5) is 0 Å². The van der Waals surface area contributed by atoms with Gasteiger partial charge in [0, 0.05) is 11.8 Å². The number of benzene rings is 1. The molecule has 0 bridgehead atoms. The van der Waals surface area contributed by atoms with E-state index in [2.05, 4.69) is 47.6 Å². The highest BCUT2D eigenvalue weighted by molar-refractivity contribution is 8.02. The second-order valence-electron chi connectivity index (χ2n) is 4.55. The van der Waals surface area contributed by atoms with E-state index in [0.717, 1.165) is 14.4 Å². The predicted octanol–water partition coefficient (Wildman–Crippen LogP) is 3.93. The Labute approximate surface area is 133 Å². The Morgan fingerprint density at radius 3 is 2.65 bits per heavy atom. The van der Waals surface area contributed by atoms with Crippen molar-refractivity contribution in [2.45, 2.75) is 28.6 Å². The fraction of sp³-hybridized carbons (Fsp3) is 0.429. The summed E-state index contributed by atoms with van der Waals surface area (Å²) >= 11 is 5.08. The number of rotatable bonds is 6. The van der Waals surface area contributed by atoms with Gasteiger partial charge in [0.15, 0.2) is 8.68 Å². The van der Waals surface area contributed by atoms with Gasteiger partial charge in [-0.15, -0.1) is 10.2 Å². The van der Waals surface area contributed by atoms with Crippen molar-refractivity contribution < 1.29 is 0 Å². The molecule has 0 fully saturated rings. The van der Waals surface area contributed by atoms with Crippen LogP contribution in [0.1, 0.15) is 22.7 Å². The highest BCUT2D eigenvalue weighted by Gasteiger charge is 2.14. The van der Waals surface area contributed by atoms with Crippen LogP contribution in [0.25, 0.3) is 0 Å². The maximum atomic E-state index is 4.21. The summed E-state index contributed by atoms with van der Waals surface area (Å²) < 4.78 is 2.07. The Kier molecular flexibility index (Phi) is 5.89. The molecule has 1 unspecified atom stereocenters. The summed E-state index contributed by atoms with van der Waals surface area (Å²) in [6.45, 7) is 4.30. The molecule has 1 N–H and O–H groups in total. The number of aryl methyl sites for hydroxylation is 2. The summed E-state index contributed by atoms with van der Waals surface area (Å²) in [6, 6.07) is 6.95. The molecule has 0 amide bonds. The molecule has 0 radical (unpaired) electrons. The monoisotopic (exact) mass is 325 g/mol. The fourth-order valence-electron chi connectivity index (χ4n) is 1.96. The lowest BCUT2D eigenvalue weighted by molar-refractivity contribution is 0.657. The summed E-state index contributed by atoms with van der Waals surface area (Å²) in [7, 11) is 2.01. The van der Waals surface area contributed by atoms with E-state index in [9.17, 15) is 0 Å². The van der Waals surface area contributed by atoms with Crippen molar-refractivity contribution in [1.29, 1.82) is 0 Å². The van der Waals surface area contributed by atoms with Crippen LogP contribution in [0.5, 0.6) is 0 Å². The van der Waals surface area contributed by atoms with Crippen molar-refractivity contribution >= 4 is 34.9 Å². The fourth-order valence-corrected chi connectivity index (χ4v) is 4.55. The maximum Gasteiger partial charge on any atom is 0.175 e. The van der Waals surface area contributed by atoms with Crippen molar-refractivity contribution in [1.82, 2.24) is 15.5 Å². The highest BCUT2D eigenvalue weighted by Crippen LogP contribution is 2.31. The lowest BCUT2D eigenvalue weighted by Crippen LogP contribution is -2.19. The van der Waals surface area contributed by atoms with Gasteiger partial charge in [0.1, 0.15) is 0 Å². The second kappa shape index (κ2) is 7.45. The number of thioether (sulfide) groups is 2. The molecular formula is C14H19N3S3. The molecule has 1 atom stereocenters. The van der Waals surface area contributed by atoms with Gasteiger partial charge >= 0.3 is 0 Å². The highest BCUT2D eigenvalue weighted by atomic mass is 32.2. The Balaban J connectivity index is 2.07. The van der Waals surface area contributed by atoms with Crippen LogP contribution in [0, 0.1) is 13.8 Å². The largest absolute Gasteiger partial charge is 0.312 e. The molecule has 1 aromatic carbocycles. The zero-order valence-electron chi connectivity index (χ0n) is 12.1. The molecule has 0 spiro atoms. The molecule has 2 aromatic rings. The Morgan fingerprint density at radius 2 is 2.00 bits per heavy atom. The van der Waals surface area contributed by atoms with Gasteiger partial charge in [-0.1, -0.05) is 58.6 Å². The Bertz CT molecular complexity index is 569. The van der Waals surface area contributed by atoms with Gasteiger partial charge in [-0.2, -0.15) is 0 Å². The standard InChI is InChI=1S/C14H19N3S3/c1-9-5-6-10(2)11(7-9)12(15-3)8-19-14-17-16-13(18-4)20-14/h5-7,12,15H,8H2,1-4H3. The first kappa shape index (κ1) is 15.8. The van der Waals surface area contributed by atoms with Crippen molar-refractivity contribution in [3.63, 3.8) is 0 Å². The topological polar surface area (TPSA) is 37.8 Å². The first-order chi connectivity index (χ1) is 9.63. The lowest BCUT2D eigenvalue weighted by Gasteiger charge is -2.18. The van der Waals surface area contributed by atoms with Crippen LogP contribution in [-0.2, 0) is 0 Å². The van der Waals surface area contributed by atoms with E-state index in [1.165, 1.54) is 16.7 Å². The molecule has 6 heteroatoms. The maximum absolute atomic E-state index is 4.21. The van der Waals surface area contributed by atoms with Crippen LogP contribution < -0.4 is 5.32 Å². The first-order valence-electron chi connectivity index (χ1n) is 6.38. The van der Waals surface area contributed by atoms with Gasteiger partial charge in [-0.25, -0.2) is 0 Å². The summed E-state index contributed by atoms with van der Waals surface area (Å²) in [4.78, 5) is 0. The normalized spacial score (nSPS) is 12.6. The molecule has 1 aromatic heterocycles. The zero-order valence-corrected chi connectivity index (χ0v) is 14.6. The summed E-state index contributed by atoms with van der Waals surface area (Å²) in [5, 5.41) is 11.8. The molecule has 0 saturated carbocycles. The number of nitrogens with zero attached hydrogens (tertiary/aromatic N) is 2. The van der Waals surface area contributed by atoms with Crippen LogP contribution in [0.15, 0.2) is 26.9 Å². The summed E-state index contributed by atoms with van der Waals surface area (Å²) in [5.74, 6) is 0.962. The van der Waals surface area contributed by atoms with E-state index >= 15 is 0 Å². The van der Waals surface area contributed by atoms with E-state index in [0.29, 0.717) is 6.04 Å². The van der Waals surface area contributed by atoms with Crippen molar-refractivity contribution in [3.8, 4) is 0 Å². The molecule has 3 nitrogen and oxygen atoms in total. The minimum Gasteiger partial charge on any atom is -0.312 e. The number of aromatic nitrogens is 2. The van der Waals surface area contributed by atoms with Gasteiger partial charge in [0.25, 0.3) is 0 Å². The van der Waals surface area contributed by atoms with Crippen LogP contribution in [-0.4, -0.2) is 29.3 Å². The average molecular weight is 326 g/mol. The van der Waals surface area contributed by atoms with Gasteiger partial charge in [-0.3, -0.25) is 0 Å². The van der Waals surface area contributed by atoms with E-state index in [1.54, 1.807) is 34.9 Å². The Hall–Kier alpha value is -0.560. The third-order valence-electron chi connectivity index (χ3n) is 3.09. The first-order valence-corrected chi connectivity index (χ1v) is 9.41. The zero-order chi connectivity index (χ0) is 14.5. The van der Waals surface area contributed by atoms with E-state index < -0.39 is 0 Å². The molecule has 2 rings (SSSR count). The van der Waals surface area contributed by atoms with Gasteiger partial charge in [-0.05, 0) is 38.3 Å². The second-order valence-corrected chi connectivity index (χ2v) is 7.85. The van der Waals surface area contributed by atoms with Gasteiger partial charge in [0.2, 0.25) is 0 Å². The third kappa shape index (κ3) is 3.97. The lowest BCUT2D eigenvalue weighted by atomic mass is 10.0. The van der Waals surface area contributed by atoms with Crippen LogP contribution in [0.3, 0.4) is 0 Å². The average Bonchev–Trinajstić information content (AvgIpc) is 2.91. The van der Waals surface area contributed by atoms with Gasteiger partial charge < -0.3 is 5.32 Å². The number of hydrogen-bond donors (Lipinski definition) is 1. The van der Waals surface area contributed by atoms with Crippen molar-refractivity contribution in [2.75, 3.05) is 19.1 Å².